The van der Waals surface area contributed by atoms with Gasteiger partial charge in [-0.3, -0.25) is 0 Å². The molecule has 0 saturated carbocycles. The first kappa shape index (κ1) is 9.18. The summed E-state index contributed by atoms with van der Waals surface area (Å²) in [5.41, 5.74) is 11.1. The molecule has 0 amide bonds. The summed E-state index contributed by atoms with van der Waals surface area (Å²) in [5.74, 6) is -1.04. The van der Waals surface area contributed by atoms with E-state index >= 15 is 0 Å². The maximum absolute atomic E-state index is 10.5. The normalized spacial score (nSPS) is 35.9. The summed E-state index contributed by atoms with van der Waals surface area (Å²) in [6, 6.07) is -1.04. The summed E-state index contributed by atoms with van der Waals surface area (Å²) in [4.78, 5) is 10.5. The van der Waals surface area contributed by atoms with Gasteiger partial charge in [0.15, 0.2) is 0 Å². The number of hydrogen-bond acceptors (Lipinski definition) is 4. The number of aliphatic carboxylic acids is 1. The van der Waals surface area contributed by atoms with E-state index in [2.05, 4.69) is 0 Å². The van der Waals surface area contributed by atoms with Crippen molar-refractivity contribution in [2.24, 2.45) is 11.5 Å². The lowest BCUT2D eigenvalue weighted by atomic mass is 9.89. The summed E-state index contributed by atoms with van der Waals surface area (Å²) in [7, 11) is 0. The molecule has 5 heteroatoms. The Hall–Kier alpha value is -0.910. The van der Waals surface area contributed by atoms with E-state index in [-0.39, 0.29) is 12.0 Å². The van der Waals surface area contributed by atoms with Crippen LogP contribution in [0.2, 0.25) is 0 Å². The fourth-order valence-corrected chi connectivity index (χ4v) is 1.19. The number of aliphatic hydroxyl groups is 1. The molecule has 68 valence electrons. The average Bonchev–Trinajstić information content (AvgIpc) is 1.99. The maximum atomic E-state index is 10.5. The molecule has 3 unspecified atom stereocenters. The molecule has 1 rings (SSSR count). The molecule has 5 nitrogen and oxygen atoms in total. The Morgan fingerprint density at radius 3 is 2.58 bits per heavy atom. The molecule has 3 atom stereocenters. The summed E-state index contributed by atoms with van der Waals surface area (Å²) >= 11 is 0. The molecule has 0 aromatic carbocycles. The van der Waals surface area contributed by atoms with Crippen LogP contribution >= 0.6 is 0 Å². The Morgan fingerprint density at radius 1 is 1.58 bits per heavy atom. The van der Waals surface area contributed by atoms with Crippen molar-refractivity contribution < 1.29 is 15.0 Å². The Labute approximate surface area is 69.7 Å². The van der Waals surface area contributed by atoms with E-state index in [0.29, 0.717) is 0 Å². The van der Waals surface area contributed by atoms with E-state index in [0.717, 1.165) is 0 Å². The molecule has 12 heavy (non-hydrogen) atoms. The van der Waals surface area contributed by atoms with Crippen molar-refractivity contribution in [2.45, 2.75) is 24.6 Å². The standard InChI is InChI=1S/C7H12N2O3/c8-4-1-3(7(11)12)2-5(10)6(4)9/h2,4-6,10H,1,8-9H2,(H,11,12). The fourth-order valence-electron chi connectivity index (χ4n) is 1.19. The van der Waals surface area contributed by atoms with Gasteiger partial charge in [-0.2, -0.15) is 0 Å². The molecule has 0 aliphatic heterocycles. The summed E-state index contributed by atoms with van der Waals surface area (Å²) in [6.45, 7) is 0. The zero-order chi connectivity index (χ0) is 9.30. The second-order valence-electron chi connectivity index (χ2n) is 2.93. The predicted molar refractivity (Wildman–Crippen MR) is 42.3 cm³/mol. The van der Waals surface area contributed by atoms with E-state index < -0.39 is 24.2 Å². The van der Waals surface area contributed by atoms with Crippen LogP contribution in [0.15, 0.2) is 11.6 Å². The minimum Gasteiger partial charge on any atom is -0.478 e. The van der Waals surface area contributed by atoms with Gasteiger partial charge in [-0.05, 0) is 12.5 Å². The lowest BCUT2D eigenvalue weighted by Crippen LogP contribution is -2.51. The van der Waals surface area contributed by atoms with Gasteiger partial charge in [0, 0.05) is 17.7 Å². The van der Waals surface area contributed by atoms with Gasteiger partial charge in [-0.15, -0.1) is 0 Å². The molecule has 1 aliphatic carbocycles. The highest BCUT2D eigenvalue weighted by atomic mass is 16.4. The Balaban J connectivity index is 2.81. The van der Waals surface area contributed by atoms with Gasteiger partial charge in [0.05, 0.1) is 6.10 Å². The monoisotopic (exact) mass is 172 g/mol. The molecule has 0 spiro atoms. The number of nitrogens with two attached hydrogens (primary N) is 2. The molecule has 0 bridgehead atoms. The van der Waals surface area contributed by atoms with Gasteiger partial charge < -0.3 is 21.7 Å². The van der Waals surface area contributed by atoms with Gasteiger partial charge in [0.1, 0.15) is 0 Å². The Kier molecular flexibility index (Phi) is 2.46. The fraction of sp³-hybridized carbons (Fsp3) is 0.571. The van der Waals surface area contributed by atoms with Gasteiger partial charge >= 0.3 is 5.97 Å². The molecule has 0 fully saturated rings. The van der Waals surface area contributed by atoms with E-state index in [1.54, 1.807) is 0 Å². The van der Waals surface area contributed by atoms with Crippen molar-refractivity contribution in [2.75, 3.05) is 0 Å². The van der Waals surface area contributed by atoms with Gasteiger partial charge in [0.2, 0.25) is 0 Å². The average molecular weight is 172 g/mol. The molecule has 0 heterocycles. The molecule has 0 aromatic heterocycles. The number of aliphatic hydroxyl groups excluding tert-OH is 1. The zero-order valence-electron chi connectivity index (χ0n) is 6.47. The maximum Gasteiger partial charge on any atom is 0.331 e. The Morgan fingerprint density at radius 2 is 2.17 bits per heavy atom. The Bertz CT molecular complexity index is 227. The molecule has 0 aromatic rings. The first-order valence-electron chi connectivity index (χ1n) is 3.65. The SMILES string of the molecule is NC1CC(C(=O)O)=CC(O)C1N. The summed E-state index contributed by atoms with van der Waals surface area (Å²) in [5, 5.41) is 17.8. The second-order valence-corrected chi connectivity index (χ2v) is 2.93. The predicted octanol–water partition coefficient (Wildman–Crippen LogP) is -1.58. The smallest absolute Gasteiger partial charge is 0.331 e. The van der Waals surface area contributed by atoms with Crippen LogP contribution in [0.1, 0.15) is 6.42 Å². The molecule has 0 radical (unpaired) electrons. The highest BCUT2D eigenvalue weighted by Crippen LogP contribution is 2.16. The molecular formula is C7H12N2O3. The molecule has 1 aliphatic rings. The lowest BCUT2D eigenvalue weighted by molar-refractivity contribution is -0.133. The van der Waals surface area contributed by atoms with Crippen LogP contribution in [0.5, 0.6) is 0 Å². The van der Waals surface area contributed by atoms with E-state index in [1.807, 2.05) is 0 Å². The van der Waals surface area contributed by atoms with Crippen molar-refractivity contribution in [1.82, 2.24) is 0 Å². The lowest BCUT2D eigenvalue weighted by Gasteiger charge is -2.27. The third-order valence-electron chi connectivity index (χ3n) is 1.99. The van der Waals surface area contributed by atoms with Crippen molar-refractivity contribution in [1.29, 1.82) is 0 Å². The number of carbonyl (C=O) groups is 1. The number of carboxylic acids is 1. The topological polar surface area (TPSA) is 110 Å². The van der Waals surface area contributed by atoms with Crippen molar-refractivity contribution in [3.8, 4) is 0 Å². The van der Waals surface area contributed by atoms with Crippen LogP contribution in [0.25, 0.3) is 0 Å². The van der Waals surface area contributed by atoms with E-state index in [4.69, 9.17) is 16.6 Å². The quantitative estimate of drug-likeness (QED) is 0.381. The van der Waals surface area contributed by atoms with Crippen LogP contribution in [-0.2, 0) is 4.79 Å². The number of carboxylic acid groups (broad SMARTS) is 1. The van der Waals surface area contributed by atoms with Crippen LogP contribution in [0.3, 0.4) is 0 Å². The van der Waals surface area contributed by atoms with Crippen LogP contribution < -0.4 is 11.5 Å². The molecule has 6 N–H and O–H groups in total. The minimum atomic E-state index is -1.04. The van der Waals surface area contributed by atoms with Crippen molar-refractivity contribution in [3.05, 3.63) is 11.6 Å². The van der Waals surface area contributed by atoms with Crippen molar-refractivity contribution >= 4 is 5.97 Å². The number of rotatable bonds is 1. The number of hydrogen-bond donors (Lipinski definition) is 4. The first-order valence-corrected chi connectivity index (χ1v) is 3.65. The largest absolute Gasteiger partial charge is 0.478 e. The van der Waals surface area contributed by atoms with Gasteiger partial charge in [-0.1, -0.05) is 0 Å². The zero-order valence-corrected chi connectivity index (χ0v) is 6.47. The molecule has 0 saturated heterocycles. The third-order valence-corrected chi connectivity index (χ3v) is 1.99. The van der Waals surface area contributed by atoms with Crippen LogP contribution in [-0.4, -0.2) is 34.4 Å². The van der Waals surface area contributed by atoms with E-state index in [1.165, 1.54) is 6.08 Å². The van der Waals surface area contributed by atoms with Crippen LogP contribution in [0, 0.1) is 0 Å². The highest BCUT2D eigenvalue weighted by molar-refractivity contribution is 5.87. The third kappa shape index (κ3) is 1.63. The highest BCUT2D eigenvalue weighted by Gasteiger charge is 2.28. The van der Waals surface area contributed by atoms with Gasteiger partial charge in [0.25, 0.3) is 0 Å². The first-order chi connectivity index (χ1) is 5.52. The van der Waals surface area contributed by atoms with Crippen LogP contribution in [0.4, 0.5) is 0 Å². The second kappa shape index (κ2) is 3.22. The summed E-state index contributed by atoms with van der Waals surface area (Å²) in [6.07, 6.45) is 0.518. The summed E-state index contributed by atoms with van der Waals surface area (Å²) < 4.78 is 0. The minimum absolute atomic E-state index is 0.136. The van der Waals surface area contributed by atoms with E-state index in [9.17, 15) is 9.90 Å². The van der Waals surface area contributed by atoms with Crippen molar-refractivity contribution in [3.63, 3.8) is 0 Å². The molecular weight excluding hydrogens is 160 g/mol. The van der Waals surface area contributed by atoms with Gasteiger partial charge in [-0.25, -0.2) is 4.79 Å².